The van der Waals surface area contributed by atoms with Crippen molar-refractivity contribution in [1.82, 2.24) is 15.2 Å². The third kappa shape index (κ3) is 1.46. The molecular formula is C10H12N4. The summed E-state index contributed by atoms with van der Waals surface area (Å²) in [6.07, 6.45) is 0. The molecule has 1 aromatic heterocycles. The minimum atomic E-state index is 0.276. The van der Waals surface area contributed by atoms with Crippen molar-refractivity contribution < 1.29 is 0 Å². The zero-order chi connectivity index (χ0) is 10.1. The summed E-state index contributed by atoms with van der Waals surface area (Å²) in [5.74, 6) is 0.990. The van der Waals surface area contributed by atoms with Crippen LogP contribution in [0.15, 0.2) is 18.2 Å². The lowest BCUT2D eigenvalue weighted by atomic mass is 10.1. The molecule has 4 heteroatoms. The second-order valence-electron chi connectivity index (χ2n) is 3.34. The number of anilines is 1. The van der Waals surface area contributed by atoms with Crippen molar-refractivity contribution >= 4 is 5.95 Å². The van der Waals surface area contributed by atoms with Crippen molar-refractivity contribution in [1.29, 1.82) is 0 Å². The quantitative estimate of drug-likeness (QED) is 0.715. The van der Waals surface area contributed by atoms with Gasteiger partial charge in [0.15, 0.2) is 5.82 Å². The van der Waals surface area contributed by atoms with Crippen molar-refractivity contribution in [3.63, 3.8) is 0 Å². The van der Waals surface area contributed by atoms with Gasteiger partial charge in [0.25, 0.3) is 0 Å². The van der Waals surface area contributed by atoms with Gasteiger partial charge in [0.1, 0.15) is 0 Å². The number of nitrogen functional groups attached to an aromatic ring is 1. The van der Waals surface area contributed by atoms with Crippen LogP contribution in [-0.2, 0) is 0 Å². The highest BCUT2D eigenvalue weighted by molar-refractivity contribution is 5.57. The maximum absolute atomic E-state index is 5.43. The van der Waals surface area contributed by atoms with Gasteiger partial charge in [-0.15, -0.1) is 5.10 Å². The molecule has 0 aliphatic carbocycles. The van der Waals surface area contributed by atoms with Crippen LogP contribution >= 0.6 is 0 Å². The molecule has 2 rings (SSSR count). The minimum absolute atomic E-state index is 0.276. The normalized spacial score (nSPS) is 10.4. The fraction of sp³-hybridized carbons (Fsp3) is 0.200. The SMILES string of the molecule is Cc1ccc(-c2nc(N)n[nH]2)cc1C. The summed E-state index contributed by atoms with van der Waals surface area (Å²) in [5, 5.41) is 6.57. The molecule has 1 aromatic carbocycles. The number of H-pyrrole nitrogens is 1. The topological polar surface area (TPSA) is 67.6 Å². The zero-order valence-electron chi connectivity index (χ0n) is 8.20. The molecule has 0 saturated carbocycles. The summed E-state index contributed by atoms with van der Waals surface area (Å²) in [4.78, 5) is 4.06. The van der Waals surface area contributed by atoms with Gasteiger partial charge in [0.05, 0.1) is 0 Å². The van der Waals surface area contributed by atoms with E-state index < -0.39 is 0 Å². The third-order valence-electron chi connectivity index (χ3n) is 2.28. The fourth-order valence-electron chi connectivity index (χ4n) is 1.29. The van der Waals surface area contributed by atoms with Crippen LogP contribution in [0.3, 0.4) is 0 Å². The Morgan fingerprint density at radius 2 is 2.00 bits per heavy atom. The molecule has 3 N–H and O–H groups in total. The smallest absolute Gasteiger partial charge is 0.239 e. The fourth-order valence-corrected chi connectivity index (χ4v) is 1.29. The number of nitrogens with one attached hydrogen (secondary N) is 1. The summed E-state index contributed by atoms with van der Waals surface area (Å²) in [6, 6.07) is 6.13. The number of nitrogens with two attached hydrogens (primary N) is 1. The molecule has 0 bridgehead atoms. The Balaban J connectivity index is 2.47. The van der Waals surface area contributed by atoms with E-state index in [1.807, 2.05) is 6.07 Å². The van der Waals surface area contributed by atoms with E-state index in [2.05, 4.69) is 41.2 Å². The molecular weight excluding hydrogens is 176 g/mol. The molecule has 2 aromatic rings. The standard InChI is InChI=1S/C10H12N4/c1-6-3-4-8(5-7(6)2)9-12-10(11)14-13-9/h3-5H,1-2H3,(H3,11,12,13,14). The van der Waals surface area contributed by atoms with Gasteiger partial charge in [-0.1, -0.05) is 12.1 Å². The summed E-state index contributed by atoms with van der Waals surface area (Å²) in [5.41, 5.74) is 8.94. The molecule has 0 aliphatic rings. The van der Waals surface area contributed by atoms with E-state index in [4.69, 9.17) is 5.73 Å². The van der Waals surface area contributed by atoms with Crippen molar-refractivity contribution in [3.8, 4) is 11.4 Å². The lowest BCUT2D eigenvalue weighted by Crippen LogP contribution is -1.86. The van der Waals surface area contributed by atoms with Gasteiger partial charge in [0.2, 0.25) is 5.95 Å². The van der Waals surface area contributed by atoms with E-state index in [0.29, 0.717) is 5.82 Å². The zero-order valence-corrected chi connectivity index (χ0v) is 8.20. The number of aryl methyl sites for hydroxylation is 2. The molecule has 0 spiro atoms. The predicted molar refractivity (Wildman–Crippen MR) is 55.7 cm³/mol. The van der Waals surface area contributed by atoms with Gasteiger partial charge in [-0.05, 0) is 31.0 Å². The molecule has 0 fully saturated rings. The lowest BCUT2D eigenvalue weighted by Gasteiger charge is -2.01. The first-order valence-corrected chi connectivity index (χ1v) is 4.42. The van der Waals surface area contributed by atoms with Crippen LogP contribution in [0.5, 0.6) is 0 Å². The van der Waals surface area contributed by atoms with Crippen molar-refractivity contribution in [2.45, 2.75) is 13.8 Å². The Labute approximate surface area is 82.2 Å². The number of aromatic amines is 1. The van der Waals surface area contributed by atoms with Crippen LogP contribution in [0.4, 0.5) is 5.95 Å². The third-order valence-corrected chi connectivity index (χ3v) is 2.28. The Morgan fingerprint density at radius 1 is 1.21 bits per heavy atom. The van der Waals surface area contributed by atoms with Crippen LogP contribution in [0.25, 0.3) is 11.4 Å². The van der Waals surface area contributed by atoms with Crippen LogP contribution in [0, 0.1) is 13.8 Å². The number of hydrogen-bond acceptors (Lipinski definition) is 3. The first-order valence-electron chi connectivity index (χ1n) is 4.42. The molecule has 0 radical (unpaired) electrons. The molecule has 1 heterocycles. The molecule has 0 unspecified atom stereocenters. The van der Waals surface area contributed by atoms with Gasteiger partial charge in [0, 0.05) is 5.56 Å². The van der Waals surface area contributed by atoms with E-state index in [-0.39, 0.29) is 5.95 Å². The maximum atomic E-state index is 5.43. The summed E-state index contributed by atoms with van der Waals surface area (Å²) < 4.78 is 0. The second kappa shape index (κ2) is 3.14. The summed E-state index contributed by atoms with van der Waals surface area (Å²) in [6.45, 7) is 4.15. The molecule has 72 valence electrons. The molecule has 14 heavy (non-hydrogen) atoms. The molecule has 0 amide bonds. The van der Waals surface area contributed by atoms with Gasteiger partial charge in [-0.3, -0.25) is 5.10 Å². The Morgan fingerprint density at radius 3 is 2.57 bits per heavy atom. The number of benzene rings is 1. The average Bonchev–Trinajstić information content (AvgIpc) is 2.57. The van der Waals surface area contributed by atoms with Crippen molar-refractivity contribution in [3.05, 3.63) is 29.3 Å². The molecule has 0 aliphatic heterocycles. The van der Waals surface area contributed by atoms with Crippen molar-refractivity contribution in [2.75, 3.05) is 5.73 Å². The van der Waals surface area contributed by atoms with Crippen LogP contribution < -0.4 is 5.73 Å². The summed E-state index contributed by atoms with van der Waals surface area (Å²) in [7, 11) is 0. The van der Waals surface area contributed by atoms with Gasteiger partial charge in [-0.25, -0.2) is 0 Å². The van der Waals surface area contributed by atoms with E-state index in [1.54, 1.807) is 0 Å². The molecule has 0 saturated heterocycles. The summed E-state index contributed by atoms with van der Waals surface area (Å²) >= 11 is 0. The monoisotopic (exact) mass is 188 g/mol. The van der Waals surface area contributed by atoms with E-state index in [9.17, 15) is 0 Å². The Kier molecular flexibility index (Phi) is 1.96. The maximum Gasteiger partial charge on any atom is 0.239 e. The largest absolute Gasteiger partial charge is 0.366 e. The van der Waals surface area contributed by atoms with Crippen LogP contribution in [0.1, 0.15) is 11.1 Å². The molecule has 4 nitrogen and oxygen atoms in total. The van der Waals surface area contributed by atoms with Crippen molar-refractivity contribution in [2.24, 2.45) is 0 Å². The Hall–Kier alpha value is -1.84. The first kappa shape index (κ1) is 8.74. The van der Waals surface area contributed by atoms with E-state index >= 15 is 0 Å². The average molecular weight is 188 g/mol. The van der Waals surface area contributed by atoms with Gasteiger partial charge >= 0.3 is 0 Å². The Bertz CT molecular complexity index is 459. The van der Waals surface area contributed by atoms with E-state index in [1.165, 1.54) is 11.1 Å². The van der Waals surface area contributed by atoms with E-state index in [0.717, 1.165) is 5.56 Å². The predicted octanol–water partition coefficient (Wildman–Crippen LogP) is 1.67. The number of hydrogen-bond donors (Lipinski definition) is 2. The van der Waals surface area contributed by atoms with Gasteiger partial charge in [-0.2, -0.15) is 4.98 Å². The minimum Gasteiger partial charge on any atom is -0.366 e. The van der Waals surface area contributed by atoms with Crippen LogP contribution in [0.2, 0.25) is 0 Å². The molecule has 0 atom stereocenters. The van der Waals surface area contributed by atoms with Gasteiger partial charge < -0.3 is 5.73 Å². The lowest BCUT2D eigenvalue weighted by molar-refractivity contribution is 1.10. The first-order chi connectivity index (χ1) is 6.66. The second-order valence-corrected chi connectivity index (χ2v) is 3.34. The highest BCUT2D eigenvalue weighted by Gasteiger charge is 2.03. The van der Waals surface area contributed by atoms with Crippen LogP contribution in [-0.4, -0.2) is 15.2 Å². The highest BCUT2D eigenvalue weighted by atomic mass is 15.3. The number of nitrogens with zero attached hydrogens (tertiary/aromatic N) is 2. The number of rotatable bonds is 1. The highest BCUT2D eigenvalue weighted by Crippen LogP contribution is 2.18. The number of aromatic nitrogens is 3.